The fourth-order valence-corrected chi connectivity index (χ4v) is 3.01. The van der Waals surface area contributed by atoms with Crippen LogP contribution in [0.15, 0.2) is 42.5 Å². The summed E-state index contributed by atoms with van der Waals surface area (Å²) in [6.45, 7) is 0.587. The van der Waals surface area contributed by atoms with Crippen LogP contribution in [0.4, 0.5) is 5.69 Å². The highest BCUT2D eigenvalue weighted by Gasteiger charge is 2.33. The van der Waals surface area contributed by atoms with Crippen LogP contribution in [0.1, 0.15) is 28.8 Å². The maximum atomic E-state index is 12.7. The molecule has 6 nitrogen and oxygen atoms in total. The van der Waals surface area contributed by atoms with Crippen LogP contribution in [0.5, 0.6) is 11.5 Å². The van der Waals surface area contributed by atoms with Crippen molar-refractivity contribution in [1.82, 2.24) is 5.32 Å². The SMILES string of the molecule is CN(C(=O)C1CC1)c1ccccc1C(=O)NCc1ccc2c(c1)OCO2. The Hall–Kier alpha value is -3.02. The minimum Gasteiger partial charge on any atom is -0.454 e. The van der Waals surface area contributed by atoms with Crippen molar-refractivity contribution in [3.8, 4) is 11.5 Å². The smallest absolute Gasteiger partial charge is 0.253 e. The van der Waals surface area contributed by atoms with Crippen LogP contribution in [0.2, 0.25) is 0 Å². The number of para-hydroxylation sites is 1. The van der Waals surface area contributed by atoms with Gasteiger partial charge >= 0.3 is 0 Å². The van der Waals surface area contributed by atoms with Crippen molar-refractivity contribution >= 4 is 17.5 Å². The molecule has 1 fully saturated rings. The average Bonchev–Trinajstić information content (AvgIpc) is 3.42. The third kappa shape index (κ3) is 3.22. The fourth-order valence-electron chi connectivity index (χ4n) is 3.01. The molecule has 0 radical (unpaired) electrons. The van der Waals surface area contributed by atoms with Crippen molar-refractivity contribution in [2.45, 2.75) is 19.4 Å². The van der Waals surface area contributed by atoms with Gasteiger partial charge in [-0.1, -0.05) is 18.2 Å². The Balaban J connectivity index is 1.47. The molecule has 0 atom stereocenters. The van der Waals surface area contributed by atoms with Crippen LogP contribution < -0.4 is 19.7 Å². The number of carbonyl (C=O) groups excluding carboxylic acids is 2. The number of fused-ring (bicyclic) bond motifs is 1. The third-order valence-corrected chi connectivity index (χ3v) is 4.66. The van der Waals surface area contributed by atoms with Gasteiger partial charge in [0, 0.05) is 19.5 Å². The number of nitrogens with zero attached hydrogens (tertiary/aromatic N) is 1. The molecule has 2 aromatic carbocycles. The highest BCUT2D eigenvalue weighted by molar-refractivity contribution is 6.05. The number of ether oxygens (including phenoxy) is 2. The molecule has 1 saturated carbocycles. The largest absolute Gasteiger partial charge is 0.454 e. The molecule has 134 valence electrons. The summed E-state index contributed by atoms with van der Waals surface area (Å²) in [4.78, 5) is 26.6. The van der Waals surface area contributed by atoms with Crippen molar-refractivity contribution in [1.29, 1.82) is 0 Å². The Morgan fingerprint density at radius 3 is 2.69 bits per heavy atom. The molecule has 1 aliphatic carbocycles. The highest BCUT2D eigenvalue weighted by atomic mass is 16.7. The predicted octanol–water partition coefficient (Wildman–Crippen LogP) is 2.72. The number of hydrogen-bond donors (Lipinski definition) is 1. The van der Waals surface area contributed by atoms with Crippen molar-refractivity contribution < 1.29 is 19.1 Å². The maximum absolute atomic E-state index is 12.7. The zero-order chi connectivity index (χ0) is 18.1. The lowest BCUT2D eigenvalue weighted by Crippen LogP contribution is -2.31. The summed E-state index contributed by atoms with van der Waals surface area (Å²) < 4.78 is 10.6. The normalized spacial score (nSPS) is 14.8. The molecule has 2 amide bonds. The van der Waals surface area contributed by atoms with Gasteiger partial charge in [-0.3, -0.25) is 9.59 Å². The molecule has 0 unspecified atom stereocenters. The van der Waals surface area contributed by atoms with E-state index in [9.17, 15) is 9.59 Å². The molecule has 2 aliphatic rings. The van der Waals surface area contributed by atoms with Gasteiger partial charge in [-0.05, 0) is 42.7 Å². The lowest BCUT2D eigenvalue weighted by atomic mass is 10.1. The molecule has 0 saturated heterocycles. The number of benzene rings is 2. The molecule has 0 aromatic heterocycles. The first-order valence-corrected chi connectivity index (χ1v) is 8.67. The molecule has 6 heteroatoms. The van der Waals surface area contributed by atoms with Gasteiger partial charge in [-0.15, -0.1) is 0 Å². The predicted molar refractivity (Wildman–Crippen MR) is 96.3 cm³/mol. The molecule has 4 rings (SSSR count). The summed E-state index contributed by atoms with van der Waals surface area (Å²) in [6, 6.07) is 12.8. The maximum Gasteiger partial charge on any atom is 0.253 e. The molecule has 26 heavy (non-hydrogen) atoms. The Bertz CT molecular complexity index is 861. The second-order valence-electron chi connectivity index (χ2n) is 6.56. The zero-order valence-electron chi connectivity index (χ0n) is 14.5. The standard InChI is InChI=1S/C20H20N2O4/c1-22(20(24)14-7-8-14)16-5-3-2-4-15(16)19(23)21-11-13-6-9-17-18(10-13)26-12-25-17/h2-6,9-10,14H,7-8,11-12H2,1H3,(H,21,23). The molecule has 1 aliphatic heterocycles. The van der Waals surface area contributed by atoms with Crippen LogP contribution in [0.3, 0.4) is 0 Å². The summed E-state index contributed by atoms with van der Waals surface area (Å²) in [7, 11) is 1.73. The van der Waals surface area contributed by atoms with Gasteiger partial charge in [0.2, 0.25) is 12.7 Å². The van der Waals surface area contributed by atoms with Gasteiger partial charge in [0.1, 0.15) is 0 Å². The third-order valence-electron chi connectivity index (χ3n) is 4.66. The second-order valence-corrected chi connectivity index (χ2v) is 6.56. The molecule has 0 bridgehead atoms. The number of rotatable bonds is 5. The summed E-state index contributed by atoms with van der Waals surface area (Å²) >= 11 is 0. The molecular formula is C20H20N2O4. The van der Waals surface area contributed by atoms with E-state index in [1.807, 2.05) is 24.3 Å². The van der Waals surface area contributed by atoms with Crippen molar-refractivity contribution in [3.05, 3.63) is 53.6 Å². The second kappa shape index (κ2) is 6.71. The van der Waals surface area contributed by atoms with Gasteiger partial charge in [-0.2, -0.15) is 0 Å². The number of carbonyl (C=O) groups is 2. The van der Waals surface area contributed by atoms with Crippen LogP contribution in [0, 0.1) is 5.92 Å². The van der Waals surface area contributed by atoms with Crippen LogP contribution >= 0.6 is 0 Å². The molecule has 1 N–H and O–H groups in total. The van der Waals surface area contributed by atoms with Crippen molar-refractivity contribution in [3.63, 3.8) is 0 Å². The van der Waals surface area contributed by atoms with Gasteiger partial charge < -0.3 is 19.7 Å². The Morgan fingerprint density at radius 1 is 1.12 bits per heavy atom. The average molecular weight is 352 g/mol. The number of hydrogen-bond acceptors (Lipinski definition) is 4. The summed E-state index contributed by atoms with van der Waals surface area (Å²) in [5, 5.41) is 2.91. The van der Waals surface area contributed by atoms with E-state index in [-0.39, 0.29) is 24.5 Å². The first-order chi connectivity index (χ1) is 12.6. The number of amides is 2. The van der Waals surface area contributed by atoms with Gasteiger partial charge in [0.25, 0.3) is 5.91 Å². The quantitative estimate of drug-likeness (QED) is 0.898. The number of nitrogens with one attached hydrogen (secondary N) is 1. The monoisotopic (exact) mass is 352 g/mol. The van der Waals surface area contributed by atoms with Crippen molar-refractivity contribution in [2.75, 3.05) is 18.7 Å². The Labute approximate surface area is 151 Å². The van der Waals surface area contributed by atoms with Crippen LogP contribution in [-0.4, -0.2) is 25.7 Å². The number of anilines is 1. The molecular weight excluding hydrogens is 332 g/mol. The molecule has 0 spiro atoms. The van der Waals surface area contributed by atoms with Gasteiger partial charge in [-0.25, -0.2) is 0 Å². The topological polar surface area (TPSA) is 67.9 Å². The van der Waals surface area contributed by atoms with Gasteiger partial charge in [0.05, 0.1) is 11.3 Å². The minimum atomic E-state index is -0.214. The van der Waals surface area contributed by atoms with Crippen LogP contribution in [-0.2, 0) is 11.3 Å². The van der Waals surface area contributed by atoms with E-state index in [0.717, 1.165) is 18.4 Å². The van der Waals surface area contributed by atoms with E-state index in [1.165, 1.54) is 0 Å². The lowest BCUT2D eigenvalue weighted by molar-refractivity contribution is -0.119. The van der Waals surface area contributed by atoms with E-state index in [4.69, 9.17) is 9.47 Å². The minimum absolute atomic E-state index is 0.0704. The zero-order valence-corrected chi connectivity index (χ0v) is 14.5. The Kier molecular flexibility index (Phi) is 4.24. The lowest BCUT2D eigenvalue weighted by Gasteiger charge is -2.20. The highest BCUT2D eigenvalue weighted by Crippen LogP contribution is 2.34. The molecule has 2 aromatic rings. The Morgan fingerprint density at radius 2 is 1.88 bits per heavy atom. The van der Waals surface area contributed by atoms with E-state index in [1.54, 1.807) is 30.1 Å². The summed E-state index contributed by atoms with van der Waals surface area (Å²) in [5.74, 6) is 1.36. The fraction of sp³-hybridized carbons (Fsp3) is 0.300. The van der Waals surface area contributed by atoms with E-state index < -0.39 is 0 Å². The summed E-state index contributed by atoms with van der Waals surface area (Å²) in [5.41, 5.74) is 2.04. The summed E-state index contributed by atoms with van der Waals surface area (Å²) in [6.07, 6.45) is 1.86. The van der Waals surface area contributed by atoms with Crippen molar-refractivity contribution in [2.24, 2.45) is 5.92 Å². The van der Waals surface area contributed by atoms with E-state index >= 15 is 0 Å². The van der Waals surface area contributed by atoms with E-state index in [2.05, 4.69) is 5.32 Å². The molecule has 1 heterocycles. The first kappa shape index (κ1) is 16.4. The van der Waals surface area contributed by atoms with Crippen LogP contribution in [0.25, 0.3) is 0 Å². The first-order valence-electron chi connectivity index (χ1n) is 8.67. The van der Waals surface area contributed by atoms with E-state index in [0.29, 0.717) is 29.3 Å². The van der Waals surface area contributed by atoms with Gasteiger partial charge in [0.15, 0.2) is 11.5 Å².